The maximum Gasteiger partial charge on any atom is 0.0547 e. The van der Waals surface area contributed by atoms with Crippen molar-refractivity contribution in [2.45, 2.75) is 0 Å². The third-order valence-electron chi connectivity index (χ3n) is 10.4. The predicted molar refractivity (Wildman–Crippen MR) is 202 cm³/mol. The van der Waals surface area contributed by atoms with Gasteiger partial charge in [0.1, 0.15) is 0 Å². The fourth-order valence-electron chi connectivity index (χ4n) is 8.37. The van der Waals surface area contributed by atoms with Gasteiger partial charge >= 0.3 is 0 Å². The van der Waals surface area contributed by atoms with Crippen molar-refractivity contribution in [2.24, 2.45) is 0 Å². The predicted octanol–water partition coefficient (Wildman–Crippen LogP) is 12.3. The fourth-order valence-corrected chi connectivity index (χ4v) is 8.37. The molecule has 1 aliphatic rings. The molecule has 48 heavy (non-hydrogen) atoms. The molecule has 0 saturated carbocycles. The summed E-state index contributed by atoms with van der Waals surface area (Å²) in [6.07, 6.45) is 0. The number of para-hydroxylation sites is 3. The molecule has 0 atom stereocenters. The molecule has 2 aromatic heterocycles. The van der Waals surface area contributed by atoms with Crippen molar-refractivity contribution in [3.05, 3.63) is 170 Å². The second kappa shape index (κ2) is 9.57. The molecular weight excluding hydrogens is 581 g/mol. The van der Waals surface area contributed by atoms with Crippen molar-refractivity contribution < 1.29 is 0 Å². The minimum Gasteiger partial charge on any atom is -0.309 e. The Morgan fingerprint density at radius 1 is 0.292 bits per heavy atom. The lowest BCUT2D eigenvalue weighted by Gasteiger charge is -2.13. The zero-order chi connectivity index (χ0) is 31.3. The quantitative estimate of drug-likeness (QED) is 0.189. The fraction of sp³-hybridized carbons (Fsp3) is 0. The molecule has 0 fully saturated rings. The van der Waals surface area contributed by atoms with E-state index in [0.717, 1.165) is 0 Å². The lowest BCUT2D eigenvalue weighted by Crippen LogP contribution is -1.95. The summed E-state index contributed by atoms with van der Waals surface area (Å²) < 4.78 is 4.85. The van der Waals surface area contributed by atoms with Gasteiger partial charge in [0, 0.05) is 32.9 Å². The number of benzene rings is 8. The number of rotatable bonds is 3. The van der Waals surface area contributed by atoms with E-state index in [0.29, 0.717) is 0 Å². The average molecular weight is 609 g/mol. The molecule has 0 spiro atoms. The first-order valence-corrected chi connectivity index (χ1v) is 16.6. The Bertz CT molecular complexity index is 2940. The van der Waals surface area contributed by atoms with E-state index in [2.05, 4.69) is 179 Å². The first-order chi connectivity index (χ1) is 23.8. The molecule has 2 heterocycles. The van der Waals surface area contributed by atoms with Crippen LogP contribution in [0, 0.1) is 0 Å². The lowest BCUT2D eigenvalue weighted by atomic mass is 10.0. The summed E-state index contributed by atoms with van der Waals surface area (Å²) in [5.41, 5.74) is 15.0. The lowest BCUT2D eigenvalue weighted by molar-refractivity contribution is 1.18. The summed E-state index contributed by atoms with van der Waals surface area (Å²) in [4.78, 5) is 0. The zero-order valence-corrected chi connectivity index (χ0v) is 26.1. The molecule has 2 nitrogen and oxygen atoms in total. The molecule has 0 aliphatic heterocycles. The molecule has 8 aromatic carbocycles. The molecule has 1 aliphatic carbocycles. The third-order valence-corrected chi connectivity index (χ3v) is 10.4. The van der Waals surface area contributed by atoms with Gasteiger partial charge in [-0.25, -0.2) is 0 Å². The van der Waals surface area contributed by atoms with Gasteiger partial charge in [0.15, 0.2) is 0 Å². The summed E-state index contributed by atoms with van der Waals surface area (Å²) in [6.45, 7) is 0. The molecule has 222 valence electrons. The average Bonchev–Trinajstić information content (AvgIpc) is 3.78. The maximum atomic E-state index is 2.47. The van der Waals surface area contributed by atoms with Gasteiger partial charge in [0.2, 0.25) is 0 Å². The van der Waals surface area contributed by atoms with Crippen molar-refractivity contribution in [1.82, 2.24) is 9.13 Å². The Kier molecular flexibility index (Phi) is 5.14. The van der Waals surface area contributed by atoms with Crippen LogP contribution in [-0.4, -0.2) is 9.13 Å². The van der Waals surface area contributed by atoms with Crippen LogP contribution in [0.5, 0.6) is 0 Å². The van der Waals surface area contributed by atoms with Gasteiger partial charge in [-0.15, -0.1) is 0 Å². The molecule has 0 bridgehead atoms. The van der Waals surface area contributed by atoms with Gasteiger partial charge in [-0.2, -0.15) is 0 Å². The Morgan fingerprint density at radius 2 is 0.875 bits per heavy atom. The van der Waals surface area contributed by atoms with Crippen LogP contribution in [0.2, 0.25) is 0 Å². The summed E-state index contributed by atoms with van der Waals surface area (Å²) in [7, 11) is 0. The summed E-state index contributed by atoms with van der Waals surface area (Å²) >= 11 is 0. The Morgan fingerprint density at radius 3 is 1.69 bits per heavy atom. The van der Waals surface area contributed by atoms with E-state index in [1.807, 2.05) is 0 Å². The van der Waals surface area contributed by atoms with E-state index in [-0.39, 0.29) is 0 Å². The van der Waals surface area contributed by atoms with Gasteiger partial charge in [-0.05, 0) is 98.8 Å². The van der Waals surface area contributed by atoms with Crippen molar-refractivity contribution >= 4 is 54.4 Å². The Labute approximate surface area is 277 Å². The summed E-state index contributed by atoms with van der Waals surface area (Å²) in [5.74, 6) is 0. The highest BCUT2D eigenvalue weighted by Crippen LogP contribution is 2.48. The van der Waals surface area contributed by atoms with Crippen LogP contribution in [0.25, 0.3) is 99.1 Å². The van der Waals surface area contributed by atoms with Crippen molar-refractivity contribution in [3.8, 4) is 44.8 Å². The van der Waals surface area contributed by atoms with Crippen molar-refractivity contribution in [2.75, 3.05) is 0 Å². The minimum absolute atomic E-state index is 1.18. The van der Waals surface area contributed by atoms with Gasteiger partial charge in [-0.1, -0.05) is 115 Å². The van der Waals surface area contributed by atoms with E-state index in [1.165, 1.54) is 99.1 Å². The number of fused-ring (bicyclic) bond motifs is 9. The second-order valence-corrected chi connectivity index (χ2v) is 12.9. The first-order valence-electron chi connectivity index (χ1n) is 16.6. The summed E-state index contributed by atoms with van der Waals surface area (Å²) in [5, 5.41) is 7.69. The maximum absolute atomic E-state index is 2.47. The highest BCUT2D eigenvalue weighted by molar-refractivity contribution is 6.17. The second-order valence-electron chi connectivity index (χ2n) is 12.9. The molecule has 2 heteroatoms. The highest BCUT2D eigenvalue weighted by atomic mass is 15.0. The van der Waals surface area contributed by atoms with E-state index >= 15 is 0 Å². The van der Waals surface area contributed by atoms with Gasteiger partial charge in [0.05, 0.1) is 22.1 Å². The van der Waals surface area contributed by atoms with Crippen LogP contribution in [0.4, 0.5) is 0 Å². The smallest absolute Gasteiger partial charge is 0.0547 e. The van der Waals surface area contributed by atoms with Crippen molar-refractivity contribution in [1.29, 1.82) is 0 Å². The molecule has 10 aromatic rings. The monoisotopic (exact) mass is 608 g/mol. The van der Waals surface area contributed by atoms with Gasteiger partial charge < -0.3 is 9.13 Å². The first kappa shape index (κ1) is 25.8. The number of hydrogen-bond donors (Lipinski definition) is 0. The van der Waals surface area contributed by atoms with Crippen LogP contribution in [0.3, 0.4) is 0 Å². The SMILES string of the molecule is c1ccc(-n2c3ccccc3c3cc(-c4ccc5c6ccccc6n(-c6cc7c8c(cccc8c6)-c6ccccc6-7)c5c4)ccc32)cc1. The van der Waals surface area contributed by atoms with Crippen LogP contribution in [0.1, 0.15) is 0 Å². The normalized spacial score (nSPS) is 12.2. The van der Waals surface area contributed by atoms with Crippen LogP contribution in [0.15, 0.2) is 170 Å². The Hall–Kier alpha value is -6.38. The van der Waals surface area contributed by atoms with Gasteiger partial charge in [0.25, 0.3) is 0 Å². The van der Waals surface area contributed by atoms with Gasteiger partial charge in [-0.3, -0.25) is 0 Å². The number of hydrogen-bond acceptors (Lipinski definition) is 0. The van der Waals surface area contributed by atoms with Crippen molar-refractivity contribution in [3.63, 3.8) is 0 Å². The molecule has 0 unspecified atom stereocenters. The molecule has 11 rings (SSSR count). The number of aromatic nitrogens is 2. The topological polar surface area (TPSA) is 9.86 Å². The van der Waals surface area contributed by atoms with Crippen LogP contribution in [-0.2, 0) is 0 Å². The molecule has 0 radical (unpaired) electrons. The van der Waals surface area contributed by atoms with E-state index in [1.54, 1.807) is 0 Å². The Balaban J connectivity index is 1.15. The van der Waals surface area contributed by atoms with Crippen LogP contribution >= 0.6 is 0 Å². The molecule has 0 N–H and O–H groups in total. The zero-order valence-electron chi connectivity index (χ0n) is 26.1. The van der Waals surface area contributed by atoms with E-state index < -0.39 is 0 Å². The highest BCUT2D eigenvalue weighted by Gasteiger charge is 2.23. The number of nitrogens with zero attached hydrogens (tertiary/aromatic N) is 2. The van der Waals surface area contributed by atoms with E-state index in [4.69, 9.17) is 0 Å². The summed E-state index contributed by atoms with van der Waals surface area (Å²) in [6, 6.07) is 62.5. The molecule has 0 saturated heterocycles. The minimum atomic E-state index is 1.18. The standard InChI is InChI=1S/C46H28N2/c1-2-12-32(13-3-1)47-43-20-9-7-17-37(43)40-26-29(22-24-44(40)47)30-21-23-38-36-16-6-8-19-42(36)48(45(38)27-30)33-25-31-11-10-18-39-34-14-4-5-15-35(34)41(28-33)46(31)39/h1-28H. The van der Waals surface area contributed by atoms with Crippen LogP contribution < -0.4 is 0 Å². The van der Waals surface area contributed by atoms with E-state index in [9.17, 15) is 0 Å². The largest absolute Gasteiger partial charge is 0.309 e. The third kappa shape index (κ3) is 3.46. The molecule has 0 amide bonds. The molecular formula is C46H28N2.